The van der Waals surface area contributed by atoms with Crippen molar-refractivity contribution in [2.45, 2.75) is 56.6 Å². The Hall–Kier alpha value is -2.51. The molecule has 5 fully saturated rings. The number of halogens is 1. The first-order chi connectivity index (χ1) is 18.4. The molecular formula is C30H34ClN3O3S. The minimum absolute atomic E-state index is 0.0314. The van der Waals surface area contributed by atoms with E-state index >= 15 is 0 Å². The first-order valence-corrected chi connectivity index (χ1v) is 14.9. The Kier molecular flexibility index (Phi) is 7.16. The van der Waals surface area contributed by atoms with Gasteiger partial charge in [0.05, 0.1) is 12.8 Å². The van der Waals surface area contributed by atoms with Crippen molar-refractivity contribution in [3.05, 3.63) is 53.6 Å². The average molecular weight is 552 g/mol. The van der Waals surface area contributed by atoms with Gasteiger partial charge in [0.25, 0.3) is 0 Å². The highest BCUT2D eigenvalue weighted by Gasteiger charge is 2.51. The lowest BCUT2D eigenvalue weighted by Gasteiger charge is -2.57. The van der Waals surface area contributed by atoms with Crippen molar-refractivity contribution in [3.8, 4) is 5.75 Å². The van der Waals surface area contributed by atoms with Crippen LogP contribution in [0.4, 0.5) is 11.4 Å². The fraction of sp³-hybridized carbons (Fsp3) is 0.500. The summed E-state index contributed by atoms with van der Waals surface area (Å²) in [6.07, 6.45) is 9.34. The van der Waals surface area contributed by atoms with E-state index in [1.165, 1.54) is 50.3 Å². The Bertz CT molecular complexity index is 1200. The summed E-state index contributed by atoms with van der Waals surface area (Å²) < 4.78 is 5.20. The van der Waals surface area contributed by atoms with Crippen LogP contribution in [0.1, 0.15) is 51.4 Å². The van der Waals surface area contributed by atoms with Crippen LogP contribution in [0.25, 0.3) is 0 Å². The fourth-order valence-electron chi connectivity index (χ4n) is 7.53. The number of rotatable bonds is 7. The zero-order chi connectivity index (χ0) is 26.3. The molecule has 4 bridgehead atoms. The number of hydrogen-bond donors (Lipinski definition) is 1. The second-order valence-corrected chi connectivity index (χ2v) is 13.2. The van der Waals surface area contributed by atoms with E-state index < -0.39 is 5.25 Å². The first kappa shape index (κ1) is 25.8. The summed E-state index contributed by atoms with van der Waals surface area (Å²) >= 11 is 7.47. The zero-order valence-electron chi connectivity index (χ0n) is 21.7. The topological polar surface area (TPSA) is 71.0 Å². The maximum Gasteiger partial charge on any atom is 0.238 e. The first-order valence-electron chi connectivity index (χ1n) is 13.6. The summed E-state index contributed by atoms with van der Waals surface area (Å²) in [5.41, 5.74) is 1.76. The van der Waals surface area contributed by atoms with Crippen LogP contribution in [0.3, 0.4) is 0 Å². The Balaban J connectivity index is 1.20. The summed E-state index contributed by atoms with van der Waals surface area (Å²) in [6, 6.07) is 14.5. The lowest BCUT2D eigenvalue weighted by molar-refractivity contribution is -0.130. The van der Waals surface area contributed by atoms with E-state index in [2.05, 4.69) is 5.32 Å². The molecule has 1 atom stereocenters. The highest BCUT2D eigenvalue weighted by atomic mass is 35.5. The number of ether oxygens (including phenoxy) is 1. The molecule has 6 nitrogen and oxygen atoms in total. The molecular weight excluding hydrogens is 518 g/mol. The number of hydrogen-bond acceptors (Lipinski definition) is 5. The van der Waals surface area contributed by atoms with Gasteiger partial charge in [-0.3, -0.25) is 14.5 Å². The molecule has 2 aromatic carbocycles. The van der Waals surface area contributed by atoms with E-state index in [0.717, 1.165) is 35.6 Å². The molecule has 1 saturated heterocycles. The van der Waals surface area contributed by atoms with E-state index in [-0.39, 0.29) is 18.2 Å². The molecule has 2 aromatic rings. The van der Waals surface area contributed by atoms with Crippen molar-refractivity contribution in [3.63, 3.8) is 0 Å². The largest absolute Gasteiger partial charge is 0.497 e. The van der Waals surface area contributed by atoms with Gasteiger partial charge in [0.2, 0.25) is 11.8 Å². The monoisotopic (exact) mass is 551 g/mol. The van der Waals surface area contributed by atoms with E-state index in [4.69, 9.17) is 21.3 Å². The molecule has 38 heavy (non-hydrogen) atoms. The highest BCUT2D eigenvalue weighted by Crippen LogP contribution is 2.61. The molecule has 0 spiro atoms. The van der Waals surface area contributed by atoms with Gasteiger partial charge < -0.3 is 10.1 Å². The van der Waals surface area contributed by atoms with E-state index in [1.54, 1.807) is 43.5 Å². The third-order valence-corrected chi connectivity index (χ3v) is 10.3. The highest BCUT2D eigenvalue weighted by molar-refractivity contribution is 8.15. The third kappa shape index (κ3) is 5.46. The SMILES string of the molecule is COc1ccc(NC(=O)C2CC(=O)N(CCC34CC5CC(CC(C5)C3)C4)C(=Nc3ccc(Cl)cc3)S2)cc1. The zero-order valence-corrected chi connectivity index (χ0v) is 23.3. The Morgan fingerprint density at radius 2 is 1.68 bits per heavy atom. The van der Waals surface area contributed by atoms with Crippen molar-refractivity contribution in [1.82, 2.24) is 4.90 Å². The molecule has 2 amide bonds. The summed E-state index contributed by atoms with van der Waals surface area (Å²) in [5.74, 6) is 3.12. The fourth-order valence-corrected chi connectivity index (χ4v) is 8.78. The minimum atomic E-state index is -0.550. The number of aliphatic imine (C=N–C) groups is 1. The molecule has 5 aliphatic rings. The van der Waals surface area contributed by atoms with Crippen molar-refractivity contribution in [2.75, 3.05) is 19.0 Å². The molecule has 7 rings (SSSR count). The van der Waals surface area contributed by atoms with Gasteiger partial charge in [-0.2, -0.15) is 0 Å². The number of benzene rings is 2. The van der Waals surface area contributed by atoms with Crippen LogP contribution in [-0.4, -0.2) is 40.8 Å². The average Bonchev–Trinajstić information content (AvgIpc) is 2.89. The Morgan fingerprint density at radius 1 is 1.05 bits per heavy atom. The van der Waals surface area contributed by atoms with E-state index in [1.807, 2.05) is 17.0 Å². The van der Waals surface area contributed by atoms with Crippen LogP contribution in [0.15, 0.2) is 53.5 Å². The van der Waals surface area contributed by atoms with Gasteiger partial charge in [0.15, 0.2) is 5.17 Å². The molecule has 200 valence electrons. The van der Waals surface area contributed by atoms with Crippen molar-refractivity contribution in [1.29, 1.82) is 0 Å². The summed E-state index contributed by atoms with van der Waals surface area (Å²) in [6.45, 7) is 0.664. The molecule has 0 aromatic heterocycles. The quantitative estimate of drug-likeness (QED) is 0.405. The number of anilines is 1. The van der Waals surface area contributed by atoms with Gasteiger partial charge in [0.1, 0.15) is 11.0 Å². The number of nitrogens with one attached hydrogen (secondary N) is 1. The van der Waals surface area contributed by atoms with E-state index in [0.29, 0.717) is 27.8 Å². The summed E-state index contributed by atoms with van der Waals surface area (Å²) in [5, 5.41) is 3.64. The van der Waals surface area contributed by atoms with Crippen LogP contribution < -0.4 is 10.1 Å². The molecule has 4 aliphatic carbocycles. The maximum atomic E-state index is 13.5. The number of amides is 2. The molecule has 4 saturated carbocycles. The van der Waals surface area contributed by atoms with Gasteiger partial charge in [0, 0.05) is 23.7 Å². The Labute approximate surface area is 233 Å². The van der Waals surface area contributed by atoms with Crippen LogP contribution in [0.2, 0.25) is 5.02 Å². The van der Waals surface area contributed by atoms with E-state index in [9.17, 15) is 9.59 Å². The van der Waals surface area contributed by atoms with Crippen molar-refractivity contribution >= 4 is 51.7 Å². The van der Waals surface area contributed by atoms with Crippen LogP contribution >= 0.6 is 23.4 Å². The van der Waals surface area contributed by atoms with Crippen molar-refractivity contribution < 1.29 is 14.3 Å². The normalized spacial score (nSPS) is 31.1. The molecule has 1 heterocycles. The number of carbonyl (C=O) groups is 2. The third-order valence-electron chi connectivity index (χ3n) is 8.87. The Morgan fingerprint density at radius 3 is 2.29 bits per heavy atom. The summed E-state index contributed by atoms with van der Waals surface area (Å²) in [7, 11) is 1.61. The van der Waals surface area contributed by atoms with Crippen LogP contribution in [0, 0.1) is 23.2 Å². The minimum Gasteiger partial charge on any atom is -0.497 e. The smallest absolute Gasteiger partial charge is 0.238 e. The number of amidine groups is 1. The number of thioether (sulfide) groups is 1. The lowest BCUT2D eigenvalue weighted by atomic mass is 9.49. The molecule has 1 unspecified atom stereocenters. The van der Waals surface area contributed by atoms with Crippen molar-refractivity contribution in [2.24, 2.45) is 28.2 Å². The molecule has 0 radical (unpaired) electrons. The second-order valence-electron chi connectivity index (χ2n) is 11.6. The van der Waals surface area contributed by atoms with Gasteiger partial charge in [-0.1, -0.05) is 23.4 Å². The number of methoxy groups -OCH3 is 1. The predicted octanol–water partition coefficient (Wildman–Crippen LogP) is 6.92. The van der Waals surface area contributed by atoms with Crippen LogP contribution in [0.5, 0.6) is 5.75 Å². The van der Waals surface area contributed by atoms with Crippen LogP contribution in [-0.2, 0) is 9.59 Å². The molecule has 1 N–H and O–H groups in total. The molecule has 8 heteroatoms. The second kappa shape index (κ2) is 10.6. The standard InChI is InChI=1S/C30H34ClN3O3S/c1-37-25-8-6-23(7-9-25)32-28(36)26-15-27(35)34(29(38-26)33-24-4-2-22(31)3-5-24)11-10-30-16-19-12-20(17-30)14-21(13-19)18-30/h2-9,19-21,26H,10-18H2,1H3,(H,32,36). The van der Waals surface area contributed by atoms with Gasteiger partial charge in [-0.05, 0) is 117 Å². The lowest BCUT2D eigenvalue weighted by Crippen LogP contribution is -2.50. The summed E-state index contributed by atoms with van der Waals surface area (Å²) in [4.78, 5) is 33.4. The van der Waals surface area contributed by atoms with Gasteiger partial charge in [-0.25, -0.2) is 4.99 Å². The number of carbonyl (C=O) groups excluding carboxylic acids is 2. The molecule has 1 aliphatic heterocycles. The number of nitrogens with zero attached hydrogens (tertiary/aromatic N) is 2. The van der Waals surface area contributed by atoms with Gasteiger partial charge in [-0.15, -0.1) is 0 Å². The predicted molar refractivity (Wildman–Crippen MR) is 153 cm³/mol. The maximum absolute atomic E-state index is 13.5. The van der Waals surface area contributed by atoms with Gasteiger partial charge >= 0.3 is 0 Å².